The van der Waals surface area contributed by atoms with Crippen molar-refractivity contribution in [1.29, 1.82) is 0 Å². The van der Waals surface area contributed by atoms with E-state index in [0.29, 0.717) is 0 Å². The van der Waals surface area contributed by atoms with Gasteiger partial charge in [-0.05, 0) is 31.3 Å². The van der Waals surface area contributed by atoms with Crippen LogP contribution in [0.25, 0.3) is 0 Å². The fraction of sp³-hybridized carbons (Fsp3) is 1.00. The SMILES string of the molecule is CCCCCCCCCC1CCCC1CNCC. The van der Waals surface area contributed by atoms with E-state index in [1.807, 2.05) is 0 Å². The van der Waals surface area contributed by atoms with Gasteiger partial charge in [0.05, 0.1) is 0 Å². The largest absolute Gasteiger partial charge is 0.317 e. The molecule has 1 nitrogen and oxygen atoms in total. The van der Waals surface area contributed by atoms with E-state index in [1.54, 1.807) is 0 Å². The molecule has 0 saturated heterocycles. The van der Waals surface area contributed by atoms with Gasteiger partial charge in [-0.25, -0.2) is 0 Å². The lowest BCUT2D eigenvalue weighted by Gasteiger charge is -2.19. The van der Waals surface area contributed by atoms with Crippen LogP contribution in [0.5, 0.6) is 0 Å². The normalized spacial score (nSPS) is 23.7. The first-order valence-electron chi connectivity index (χ1n) is 8.59. The molecule has 1 saturated carbocycles. The maximum absolute atomic E-state index is 3.54. The highest BCUT2D eigenvalue weighted by Crippen LogP contribution is 2.35. The van der Waals surface area contributed by atoms with Crippen molar-refractivity contribution in [2.24, 2.45) is 11.8 Å². The Labute approximate surface area is 115 Å². The quantitative estimate of drug-likeness (QED) is 0.502. The molecule has 0 aromatic heterocycles. The first-order valence-corrected chi connectivity index (χ1v) is 8.59. The van der Waals surface area contributed by atoms with Crippen molar-refractivity contribution >= 4 is 0 Å². The van der Waals surface area contributed by atoms with Crippen LogP contribution in [0.15, 0.2) is 0 Å². The van der Waals surface area contributed by atoms with E-state index < -0.39 is 0 Å². The highest BCUT2D eigenvalue weighted by atomic mass is 14.8. The van der Waals surface area contributed by atoms with Crippen molar-refractivity contribution < 1.29 is 0 Å². The van der Waals surface area contributed by atoms with Crippen LogP contribution in [0.4, 0.5) is 0 Å². The van der Waals surface area contributed by atoms with Crippen LogP contribution >= 0.6 is 0 Å². The second-order valence-corrected chi connectivity index (χ2v) is 6.17. The van der Waals surface area contributed by atoms with E-state index in [-0.39, 0.29) is 0 Å². The molecule has 18 heavy (non-hydrogen) atoms. The Balaban J connectivity index is 1.97. The Morgan fingerprint density at radius 3 is 2.22 bits per heavy atom. The van der Waals surface area contributed by atoms with Crippen LogP contribution in [-0.2, 0) is 0 Å². The zero-order valence-electron chi connectivity index (χ0n) is 12.8. The van der Waals surface area contributed by atoms with Crippen LogP contribution in [0.2, 0.25) is 0 Å². The summed E-state index contributed by atoms with van der Waals surface area (Å²) in [5.41, 5.74) is 0. The molecule has 0 aromatic rings. The Hall–Kier alpha value is -0.0400. The second-order valence-electron chi connectivity index (χ2n) is 6.17. The van der Waals surface area contributed by atoms with Gasteiger partial charge in [0.2, 0.25) is 0 Å². The Bertz CT molecular complexity index is 178. The van der Waals surface area contributed by atoms with Crippen molar-refractivity contribution in [3.63, 3.8) is 0 Å². The third-order valence-corrected chi connectivity index (χ3v) is 4.65. The lowest BCUT2D eigenvalue weighted by molar-refractivity contribution is 0.338. The van der Waals surface area contributed by atoms with Gasteiger partial charge in [0, 0.05) is 0 Å². The summed E-state index contributed by atoms with van der Waals surface area (Å²) in [6.07, 6.45) is 16.2. The molecular formula is C17H35N. The second kappa shape index (κ2) is 10.8. The van der Waals surface area contributed by atoms with Crippen LogP contribution in [-0.4, -0.2) is 13.1 Å². The molecule has 1 rings (SSSR count). The zero-order valence-corrected chi connectivity index (χ0v) is 12.8. The molecule has 1 aliphatic rings. The monoisotopic (exact) mass is 253 g/mol. The van der Waals surface area contributed by atoms with Gasteiger partial charge < -0.3 is 5.32 Å². The molecule has 0 amide bonds. The minimum atomic E-state index is 0.991. The van der Waals surface area contributed by atoms with Gasteiger partial charge in [-0.3, -0.25) is 0 Å². The molecule has 0 spiro atoms. The van der Waals surface area contributed by atoms with E-state index in [4.69, 9.17) is 0 Å². The van der Waals surface area contributed by atoms with Gasteiger partial charge in [-0.15, -0.1) is 0 Å². The molecular weight excluding hydrogens is 218 g/mol. The summed E-state index contributed by atoms with van der Waals surface area (Å²) >= 11 is 0. The van der Waals surface area contributed by atoms with Gasteiger partial charge in [-0.1, -0.05) is 78.1 Å². The summed E-state index contributed by atoms with van der Waals surface area (Å²) in [6, 6.07) is 0. The van der Waals surface area contributed by atoms with Gasteiger partial charge in [-0.2, -0.15) is 0 Å². The highest BCUT2D eigenvalue weighted by molar-refractivity contribution is 4.78. The number of unbranched alkanes of at least 4 members (excludes halogenated alkanes) is 6. The molecule has 0 aliphatic heterocycles. The van der Waals surface area contributed by atoms with Crippen molar-refractivity contribution in [2.75, 3.05) is 13.1 Å². The summed E-state index contributed by atoms with van der Waals surface area (Å²) in [5.74, 6) is 2.03. The summed E-state index contributed by atoms with van der Waals surface area (Å²) < 4.78 is 0. The molecule has 0 aromatic carbocycles. The number of hydrogen-bond donors (Lipinski definition) is 1. The first-order chi connectivity index (χ1) is 8.88. The van der Waals surface area contributed by atoms with E-state index in [1.165, 1.54) is 77.2 Å². The molecule has 108 valence electrons. The minimum absolute atomic E-state index is 0.991. The van der Waals surface area contributed by atoms with E-state index >= 15 is 0 Å². The van der Waals surface area contributed by atoms with E-state index in [9.17, 15) is 0 Å². The van der Waals surface area contributed by atoms with Crippen LogP contribution < -0.4 is 5.32 Å². The Morgan fingerprint density at radius 1 is 0.833 bits per heavy atom. The number of nitrogens with one attached hydrogen (secondary N) is 1. The molecule has 0 bridgehead atoms. The Morgan fingerprint density at radius 2 is 1.50 bits per heavy atom. The van der Waals surface area contributed by atoms with Gasteiger partial charge in [0.15, 0.2) is 0 Å². The molecule has 1 aliphatic carbocycles. The summed E-state index contributed by atoms with van der Waals surface area (Å²) in [6.45, 7) is 6.93. The molecule has 1 heteroatoms. The van der Waals surface area contributed by atoms with Gasteiger partial charge in [0.25, 0.3) is 0 Å². The minimum Gasteiger partial charge on any atom is -0.317 e. The molecule has 2 unspecified atom stereocenters. The van der Waals surface area contributed by atoms with Gasteiger partial charge in [0.1, 0.15) is 0 Å². The third-order valence-electron chi connectivity index (χ3n) is 4.65. The maximum atomic E-state index is 3.54. The average molecular weight is 253 g/mol. The maximum Gasteiger partial charge on any atom is -0.00180 e. The standard InChI is InChI=1S/C17H35N/c1-3-5-6-7-8-9-10-12-16-13-11-14-17(16)15-18-4-2/h16-18H,3-15H2,1-2H3. The summed E-state index contributed by atoms with van der Waals surface area (Å²) in [5, 5.41) is 3.54. The lowest BCUT2D eigenvalue weighted by atomic mass is 9.90. The first kappa shape index (κ1) is 16.0. The molecule has 1 N–H and O–H groups in total. The van der Waals surface area contributed by atoms with E-state index in [0.717, 1.165) is 18.4 Å². The topological polar surface area (TPSA) is 12.0 Å². The summed E-state index contributed by atoms with van der Waals surface area (Å²) in [4.78, 5) is 0. The van der Waals surface area contributed by atoms with Crippen LogP contribution in [0.3, 0.4) is 0 Å². The predicted octanol–water partition coefficient (Wildman–Crippen LogP) is 5.15. The van der Waals surface area contributed by atoms with Crippen molar-refractivity contribution in [3.8, 4) is 0 Å². The van der Waals surface area contributed by atoms with Gasteiger partial charge >= 0.3 is 0 Å². The zero-order chi connectivity index (χ0) is 13.1. The summed E-state index contributed by atoms with van der Waals surface area (Å²) in [7, 11) is 0. The van der Waals surface area contributed by atoms with E-state index in [2.05, 4.69) is 19.2 Å². The third kappa shape index (κ3) is 6.78. The Kier molecular flexibility index (Phi) is 9.65. The highest BCUT2D eigenvalue weighted by Gasteiger charge is 2.25. The predicted molar refractivity (Wildman–Crippen MR) is 82.0 cm³/mol. The molecule has 2 atom stereocenters. The molecule has 0 radical (unpaired) electrons. The smallest absolute Gasteiger partial charge is 0.00180 e. The van der Waals surface area contributed by atoms with Crippen molar-refractivity contribution in [3.05, 3.63) is 0 Å². The van der Waals surface area contributed by atoms with Crippen molar-refractivity contribution in [2.45, 2.75) is 84.5 Å². The van der Waals surface area contributed by atoms with Crippen LogP contribution in [0.1, 0.15) is 84.5 Å². The lowest BCUT2D eigenvalue weighted by Crippen LogP contribution is -2.25. The van der Waals surface area contributed by atoms with Crippen molar-refractivity contribution in [1.82, 2.24) is 5.32 Å². The average Bonchev–Trinajstić information content (AvgIpc) is 2.83. The molecule has 1 fully saturated rings. The fourth-order valence-corrected chi connectivity index (χ4v) is 3.46. The number of rotatable bonds is 11. The van der Waals surface area contributed by atoms with Crippen LogP contribution in [0, 0.1) is 11.8 Å². The number of hydrogen-bond acceptors (Lipinski definition) is 1. The fourth-order valence-electron chi connectivity index (χ4n) is 3.46. The molecule has 0 heterocycles.